The van der Waals surface area contributed by atoms with E-state index in [1.54, 1.807) is 41.9 Å². The van der Waals surface area contributed by atoms with Crippen molar-refractivity contribution in [1.29, 1.82) is 0 Å². The van der Waals surface area contributed by atoms with Gasteiger partial charge in [-0.3, -0.25) is 9.78 Å². The van der Waals surface area contributed by atoms with E-state index in [1.165, 1.54) is 13.2 Å². The summed E-state index contributed by atoms with van der Waals surface area (Å²) in [6, 6.07) is 10.5. The Morgan fingerprint density at radius 2 is 2.18 bits per heavy atom. The van der Waals surface area contributed by atoms with Crippen LogP contribution in [0.25, 0.3) is 6.08 Å². The van der Waals surface area contributed by atoms with Crippen molar-refractivity contribution < 1.29 is 13.9 Å². The normalized spacial score (nSPS) is 20.0. The molecule has 0 atom stereocenters. The van der Waals surface area contributed by atoms with Gasteiger partial charge in [0.1, 0.15) is 12.4 Å². The first kappa shape index (κ1) is 18.9. The molecule has 0 radical (unpaired) electrons. The second-order valence-electron chi connectivity index (χ2n) is 6.27. The SMILES string of the molecule is COC(=O)CN1CC(=C2Sc3ccc(F)cc3N2C)SC1=Cc1ccccn1. The van der Waals surface area contributed by atoms with Crippen LogP contribution in [0.5, 0.6) is 0 Å². The van der Waals surface area contributed by atoms with Crippen LogP contribution in [0.15, 0.2) is 62.5 Å². The summed E-state index contributed by atoms with van der Waals surface area (Å²) < 4.78 is 18.5. The number of pyridine rings is 1. The Morgan fingerprint density at radius 3 is 2.93 bits per heavy atom. The van der Waals surface area contributed by atoms with Crippen LogP contribution >= 0.6 is 23.5 Å². The van der Waals surface area contributed by atoms with Crippen LogP contribution in [0.1, 0.15) is 5.69 Å². The molecule has 0 bridgehead atoms. The van der Waals surface area contributed by atoms with Crippen LogP contribution in [0.3, 0.4) is 0 Å². The van der Waals surface area contributed by atoms with E-state index in [4.69, 9.17) is 4.74 Å². The van der Waals surface area contributed by atoms with Gasteiger partial charge in [0.25, 0.3) is 0 Å². The maximum Gasteiger partial charge on any atom is 0.325 e. The molecule has 8 heteroatoms. The second kappa shape index (κ2) is 7.89. The molecule has 0 spiro atoms. The lowest BCUT2D eigenvalue weighted by Gasteiger charge is -2.17. The summed E-state index contributed by atoms with van der Waals surface area (Å²) in [4.78, 5) is 22.3. The molecule has 0 amide bonds. The number of thioether (sulfide) groups is 2. The zero-order valence-corrected chi connectivity index (χ0v) is 17.0. The lowest BCUT2D eigenvalue weighted by molar-refractivity contribution is -0.141. The third-order valence-corrected chi connectivity index (χ3v) is 6.97. The molecule has 0 saturated carbocycles. The summed E-state index contributed by atoms with van der Waals surface area (Å²) in [5, 5.41) is 1.98. The summed E-state index contributed by atoms with van der Waals surface area (Å²) in [5.41, 5.74) is 1.68. The van der Waals surface area contributed by atoms with Gasteiger partial charge in [-0.25, -0.2) is 4.39 Å². The van der Waals surface area contributed by atoms with Crippen LogP contribution in [0, 0.1) is 5.82 Å². The van der Waals surface area contributed by atoms with E-state index in [-0.39, 0.29) is 18.3 Å². The van der Waals surface area contributed by atoms with Gasteiger partial charge in [0.2, 0.25) is 0 Å². The number of nitrogens with zero attached hydrogens (tertiary/aromatic N) is 3. The van der Waals surface area contributed by atoms with Crippen molar-refractivity contribution in [3.63, 3.8) is 0 Å². The number of benzene rings is 1. The van der Waals surface area contributed by atoms with Crippen LogP contribution < -0.4 is 4.90 Å². The number of esters is 1. The number of aromatic nitrogens is 1. The molecular formula is C20H18FN3O2S2. The van der Waals surface area contributed by atoms with Gasteiger partial charge in [-0.1, -0.05) is 29.6 Å². The number of fused-ring (bicyclic) bond motifs is 1. The standard InChI is InChI=1S/C20H18FN3O2S2/c1-23-15-9-13(21)6-7-16(15)28-20(23)17-11-24(12-19(25)26-2)18(27-17)10-14-5-3-4-8-22-14/h3-10H,11-12H2,1-2H3. The Labute approximate surface area is 171 Å². The number of hydrogen-bond acceptors (Lipinski definition) is 7. The van der Waals surface area contributed by atoms with Crippen molar-refractivity contribution in [2.45, 2.75) is 4.90 Å². The third kappa shape index (κ3) is 3.74. The monoisotopic (exact) mass is 415 g/mol. The van der Waals surface area contributed by atoms with Crippen LogP contribution in [-0.4, -0.2) is 43.1 Å². The van der Waals surface area contributed by atoms with E-state index in [1.807, 2.05) is 41.1 Å². The summed E-state index contributed by atoms with van der Waals surface area (Å²) in [5.74, 6) is -0.545. The largest absolute Gasteiger partial charge is 0.468 e. The van der Waals surface area contributed by atoms with Crippen molar-refractivity contribution in [2.75, 3.05) is 32.1 Å². The van der Waals surface area contributed by atoms with E-state index >= 15 is 0 Å². The number of carbonyl (C=O) groups is 1. The molecule has 2 aliphatic rings. The van der Waals surface area contributed by atoms with Gasteiger partial charge in [-0.05, 0) is 36.4 Å². The molecule has 1 saturated heterocycles. The lowest BCUT2D eigenvalue weighted by Crippen LogP contribution is -2.27. The molecular weight excluding hydrogens is 397 g/mol. The highest BCUT2D eigenvalue weighted by molar-refractivity contribution is 8.09. The Kier molecular flexibility index (Phi) is 5.32. The Hall–Kier alpha value is -2.45. The quantitative estimate of drug-likeness (QED) is 0.698. The molecule has 1 aromatic heterocycles. The molecule has 1 fully saturated rings. The maximum atomic E-state index is 13.7. The highest BCUT2D eigenvalue weighted by atomic mass is 32.2. The predicted molar refractivity (Wildman–Crippen MR) is 111 cm³/mol. The van der Waals surface area contributed by atoms with Crippen LogP contribution in [-0.2, 0) is 9.53 Å². The number of methoxy groups -OCH3 is 1. The van der Waals surface area contributed by atoms with E-state index in [0.29, 0.717) is 6.54 Å². The minimum Gasteiger partial charge on any atom is -0.468 e. The fourth-order valence-corrected chi connectivity index (χ4v) is 5.46. The van der Waals surface area contributed by atoms with Crippen LogP contribution in [0.4, 0.5) is 10.1 Å². The molecule has 5 nitrogen and oxygen atoms in total. The Bertz CT molecular complexity index is 979. The first-order valence-electron chi connectivity index (χ1n) is 8.62. The summed E-state index contributed by atoms with van der Waals surface area (Å²) >= 11 is 3.22. The first-order valence-corrected chi connectivity index (χ1v) is 10.2. The Balaban J connectivity index is 1.67. The minimum atomic E-state index is -0.295. The molecule has 0 N–H and O–H groups in total. The van der Waals surface area contributed by atoms with Crippen molar-refractivity contribution in [3.8, 4) is 0 Å². The molecule has 0 unspecified atom stereocenters. The van der Waals surface area contributed by atoms with Crippen molar-refractivity contribution >= 4 is 41.3 Å². The fraction of sp³-hybridized carbons (Fsp3) is 0.200. The number of anilines is 1. The van der Waals surface area contributed by atoms with Gasteiger partial charge in [0.15, 0.2) is 0 Å². The van der Waals surface area contributed by atoms with Gasteiger partial charge in [0.05, 0.1) is 35.1 Å². The molecule has 28 heavy (non-hydrogen) atoms. The average molecular weight is 416 g/mol. The average Bonchev–Trinajstić information content (AvgIpc) is 3.23. The van der Waals surface area contributed by atoms with Gasteiger partial charge in [-0.2, -0.15) is 0 Å². The number of carbonyl (C=O) groups excluding carboxylic acids is 1. The third-order valence-electron chi connectivity index (χ3n) is 4.41. The van der Waals surface area contributed by atoms with E-state index < -0.39 is 0 Å². The second-order valence-corrected chi connectivity index (χ2v) is 8.42. The summed E-state index contributed by atoms with van der Waals surface area (Å²) in [6.07, 6.45) is 3.70. The van der Waals surface area contributed by atoms with Gasteiger partial charge >= 0.3 is 5.97 Å². The molecule has 1 aromatic carbocycles. The first-order chi connectivity index (χ1) is 13.5. The summed E-state index contributed by atoms with van der Waals surface area (Å²) in [6.45, 7) is 0.747. The zero-order chi connectivity index (χ0) is 19.7. The minimum absolute atomic E-state index is 0.162. The van der Waals surface area contributed by atoms with Gasteiger partial charge in [-0.15, -0.1) is 0 Å². The fourth-order valence-electron chi connectivity index (χ4n) is 3.01. The predicted octanol–water partition coefficient (Wildman–Crippen LogP) is 4.15. The number of rotatable bonds is 3. The van der Waals surface area contributed by atoms with E-state index in [9.17, 15) is 9.18 Å². The van der Waals surface area contributed by atoms with Crippen molar-refractivity contribution in [3.05, 3.63) is 69.1 Å². The molecule has 0 aliphatic carbocycles. The molecule has 2 aromatic rings. The smallest absolute Gasteiger partial charge is 0.325 e. The lowest BCUT2D eigenvalue weighted by atomic mass is 10.3. The van der Waals surface area contributed by atoms with E-state index in [0.717, 1.165) is 31.2 Å². The molecule has 4 rings (SSSR count). The summed E-state index contributed by atoms with van der Waals surface area (Å²) in [7, 11) is 3.32. The Morgan fingerprint density at radius 1 is 1.32 bits per heavy atom. The number of hydrogen-bond donors (Lipinski definition) is 0. The van der Waals surface area contributed by atoms with Gasteiger partial charge in [0, 0.05) is 23.0 Å². The van der Waals surface area contributed by atoms with Crippen LogP contribution in [0.2, 0.25) is 0 Å². The topological polar surface area (TPSA) is 45.7 Å². The van der Waals surface area contributed by atoms with Crippen molar-refractivity contribution in [1.82, 2.24) is 9.88 Å². The molecule has 2 aliphatic heterocycles. The van der Waals surface area contributed by atoms with E-state index in [2.05, 4.69) is 4.98 Å². The van der Waals surface area contributed by atoms with Gasteiger partial charge < -0.3 is 14.5 Å². The molecule has 3 heterocycles. The number of ether oxygens (including phenoxy) is 1. The van der Waals surface area contributed by atoms with Crippen molar-refractivity contribution in [2.24, 2.45) is 0 Å². The highest BCUT2D eigenvalue weighted by Gasteiger charge is 2.32. The zero-order valence-electron chi connectivity index (χ0n) is 15.4. The number of halogens is 1. The highest BCUT2D eigenvalue weighted by Crippen LogP contribution is 2.51. The maximum absolute atomic E-state index is 13.7. The molecule has 144 valence electrons.